The van der Waals surface area contributed by atoms with E-state index in [-0.39, 0.29) is 5.56 Å². The van der Waals surface area contributed by atoms with E-state index in [0.717, 1.165) is 26.2 Å². The molecule has 3 N–H and O–H groups in total. The van der Waals surface area contributed by atoms with Crippen molar-refractivity contribution < 1.29 is 9.90 Å². The van der Waals surface area contributed by atoms with Crippen molar-refractivity contribution in [2.75, 3.05) is 31.1 Å². The minimum atomic E-state index is -0.921. The third-order valence-corrected chi connectivity index (χ3v) is 2.56. The zero-order valence-electron chi connectivity index (χ0n) is 8.58. The summed E-state index contributed by atoms with van der Waals surface area (Å²) >= 11 is 0. The van der Waals surface area contributed by atoms with Crippen LogP contribution in [0.4, 0.5) is 5.82 Å². The average Bonchev–Trinajstić information content (AvgIpc) is 2.61. The van der Waals surface area contributed by atoms with E-state index in [4.69, 9.17) is 5.11 Å². The minimum absolute atomic E-state index is 0.289. The van der Waals surface area contributed by atoms with Crippen LogP contribution in [0.5, 0.6) is 0 Å². The second-order valence-corrected chi connectivity index (χ2v) is 3.59. The Morgan fingerprint density at radius 1 is 1.47 bits per heavy atom. The molecule has 2 heterocycles. The van der Waals surface area contributed by atoms with Gasteiger partial charge in [-0.15, -0.1) is 0 Å². The summed E-state index contributed by atoms with van der Waals surface area (Å²) in [6, 6.07) is 0. The van der Waals surface area contributed by atoms with Crippen molar-refractivity contribution in [1.29, 1.82) is 0 Å². The maximum absolute atomic E-state index is 11.0. The van der Waals surface area contributed by atoms with Crippen LogP contribution in [0.15, 0.2) is 0 Å². The molecule has 0 bridgehead atoms. The molecule has 1 aliphatic heterocycles. The first-order chi connectivity index (χ1) is 7.20. The number of piperazine rings is 1. The maximum atomic E-state index is 11.0. The molecule has 6 nitrogen and oxygen atoms in total. The Balaban J connectivity index is 2.30. The van der Waals surface area contributed by atoms with Crippen LogP contribution in [-0.4, -0.2) is 47.5 Å². The Hall–Kier alpha value is -1.56. The van der Waals surface area contributed by atoms with E-state index in [9.17, 15) is 4.79 Å². The predicted octanol–water partition coefficient (Wildman–Crippen LogP) is -0.174. The fraction of sp³-hybridized carbons (Fsp3) is 0.556. The van der Waals surface area contributed by atoms with Crippen molar-refractivity contribution in [3.05, 3.63) is 11.3 Å². The van der Waals surface area contributed by atoms with Crippen molar-refractivity contribution in [1.82, 2.24) is 15.5 Å². The number of aromatic nitrogens is 2. The third kappa shape index (κ3) is 1.80. The van der Waals surface area contributed by atoms with Gasteiger partial charge in [-0.1, -0.05) is 0 Å². The van der Waals surface area contributed by atoms with Gasteiger partial charge in [-0.3, -0.25) is 5.10 Å². The number of nitrogens with one attached hydrogen (secondary N) is 2. The topological polar surface area (TPSA) is 81.2 Å². The summed E-state index contributed by atoms with van der Waals surface area (Å²) in [7, 11) is 0. The number of nitrogens with zero attached hydrogens (tertiary/aromatic N) is 2. The van der Waals surface area contributed by atoms with Crippen LogP contribution in [0.2, 0.25) is 0 Å². The van der Waals surface area contributed by atoms with Gasteiger partial charge in [-0.2, -0.15) is 5.10 Å². The van der Waals surface area contributed by atoms with E-state index >= 15 is 0 Å². The molecule has 2 rings (SSSR count). The molecule has 1 aromatic heterocycles. The van der Waals surface area contributed by atoms with E-state index in [1.165, 1.54) is 0 Å². The number of carbonyl (C=O) groups is 1. The van der Waals surface area contributed by atoms with Crippen LogP contribution in [0.25, 0.3) is 0 Å². The lowest BCUT2D eigenvalue weighted by atomic mass is 10.2. The summed E-state index contributed by atoms with van der Waals surface area (Å²) < 4.78 is 0. The highest BCUT2D eigenvalue weighted by molar-refractivity contribution is 5.94. The number of aromatic carboxylic acids is 1. The zero-order valence-corrected chi connectivity index (χ0v) is 8.58. The van der Waals surface area contributed by atoms with Gasteiger partial charge in [-0.05, 0) is 6.92 Å². The van der Waals surface area contributed by atoms with Crippen LogP contribution in [-0.2, 0) is 0 Å². The van der Waals surface area contributed by atoms with Gasteiger partial charge in [-0.25, -0.2) is 4.79 Å². The highest BCUT2D eigenvalue weighted by Crippen LogP contribution is 2.20. The van der Waals surface area contributed by atoms with Crippen LogP contribution >= 0.6 is 0 Å². The molecule has 1 saturated heterocycles. The number of hydrogen-bond donors (Lipinski definition) is 3. The quantitative estimate of drug-likeness (QED) is 0.631. The number of carboxylic acids is 1. The number of aromatic amines is 1. The molecule has 0 saturated carbocycles. The second kappa shape index (κ2) is 3.90. The smallest absolute Gasteiger partial charge is 0.341 e. The Labute approximate surface area is 87.3 Å². The minimum Gasteiger partial charge on any atom is -0.477 e. The van der Waals surface area contributed by atoms with Gasteiger partial charge < -0.3 is 15.3 Å². The van der Waals surface area contributed by atoms with Gasteiger partial charge in [0, 0.05) is 31.9 Å². The van der Waals surface area contributed by atoms with Gasteiger partial charge in [0.2, 0.25) is 0 Å². The average molecular weight is 210 g/mol. The number of carboxylic acid groups (broad SMARTS) is 1. The van der Waals surface area contributed by atoms with E-state index < -0.39 is 5.97 Å². The van der Waals surface area contributed by atoms with Gasteiger partial charge in [0.15, 0.2) is 5.82 Å². The van der Waals surface area contributed by atoms with E-state index in [1.807, 2.05) is 4.90 Å². The van der Waals surface area contributed by atoms with Crippen molar-refractivity contribution in [2.45, 2.75) is 6.92 Å². The molecule has 0 spiro atoms. The molecular weight excluding hydrogens is 196 g/mol. The van der Waals surface area contributed by atoms with Gasteiger partial charge in [0.05, 0.1) is 0 Å². The normalized spacial score (nSPS) is 16.7. The van der Waals surface area contributed by atoms with Gasteiger partial charge >= 0.3 is 5.97 Å². The second-order valence-electron chi connectivity index (χ2n) is 3.59. The first kappa shape index (κ1) is 9.97. The molecule has 0 unspecified atom stereocenters. The SMILES string of the molecule is Cc1[nH]nc(N2CCNCC2)c1C(=O)O. The molecule has 0 amide bonds. The Kier molecular flexibility index (Phi) is 2.59. The number of aryl methyl sites for hydroxylation is 1. The molecule has 1 aliphatic rings. The van der Waals surface area contributed by atoms with Crippen molar-refractivity contribution in [3.63, 3.8) is 0 Å². The number of anilines is 1. The molecule has 0 radical (unpaired) electrons. The molecular formula is C9H14N4O2. The van der Waals surface area contributed by atoms with Crippen molar-refractivity contribution in [3.8, 4) is 0 Å². The summed E-state index contributed by atoms with van der Waals surface area (Å²) in [5.74, 6) is -0.365. The standard InChI is InChI=1S/C9H14N4O2/c1-6-7(9(14)15)8(12-11-6)13-4-2-10-3-5-13/h10H,2-5H2,1H3,(H,11,12)(H,14,15). The number of hydrogen-bond acceptors (Lipinski definition) is 4. The highest BCUT2D eigenvalue weighted by atomic mass is 16.4. The Morgan fingerprint density at radius 2 is 2.13 bits per heavy atom. The lowest BCUT2D eigenvalue weighted by Gasteiger charge is -2.27. The molecule has 0 atom stereocenters. The van der Waals surface area contributed by atoms with Crippen LogP contribution < -0.4 is 10.2 Å². The summed E-state index contributed by atoms with van der Waals surface area (Å²) in [6.07, 6.45) is 0. The van der Waals surface area contributed by atoms with Crippen molar-refractivity contribution in [2.24, 2.45) is 0 Å². The lowest BCUT2D eigenvalue weighted by Crippen LogP contribution is -2.44. The lowest BCUT2D eigenvalue weighted by molar-refractivity contribution is 0.0697. The summed E-state index contributed by atoms with van der Waals surface area (Å²) in [5.41, 5.74) is 0.896. The molecule has 1 fully saturated rings. The fourth-order valence-electron chi connectivity index (χ4n) is 1.78. The van der Waals surface area contributed by atoms with Crippen molar-refractivity contribution >= 4 is 11.8 Å². The Bertz CT molecular complexity index is 368. The maximum Gasteiger partial charge on any atom is 0.341 e. The molecule has 82 valence electrons. The fourth-order valence-corrected chi connectivity index (χ4v) is 1.78. The summed E-state index contributed by atoms with van der Waals surface area (Å²) in [5, 5.41) is 19.1. The molecule has 6 heteroatoms. The zero-order chi connectivity index (χ0) is 10.8. The molecule has 1 aromatic rings. The molecule has 0 aromatic carbocycles. The first-order valence-corrected chi connectivity index (χ1v) is 4.94. The number of H-pyrrole nitrogens is 1. The Morgan fingerprint density at radius 3 is 2.73 bits per heavy atom. The van der Waals surface area contributed by atoms with Crippen LogP contribution in [0.3, 0.4) is 0 Å². The largest absolute Gasteiger partial charge is 0.477 e. The monoisotopic (exact) mass is 210 g/mol. The van der Waals surface area contributed by atoms with Crippen LogP contribution in [0, 0.1) is 6.92 Å². The van der Waals surface area contributed by atoms with E-state index in [0.29, 0.717) is 11.5 Å². The highest BCUT2D eigenvalue weighted by Gasteiger charge is 2.22. The van der Waals surface area contributed by atoms with Gasteiger partial charge in [0.1, 0.15) is 5.56 Å². The number of rotatable bonds is 2. The summed E-state index contributed by atoms with van der Waals surface area (Å²) in [6.45, 7) is 5.05. The summed E-state index contributed by atoms with van der Waals surface area (Å²) in [4.78, 5) is 13.0. The molecule has 15 heavy (non-hydrogen) atoms. The van der Waals surface area contributed by atoms with Crippen LogP contribution in [0.1, 0.15) is 16.1 Å². The predicted molar refractivity (Wildman–Crippen MR) is 55.4 cm³/mol. The first-order valence-electron chi connectivity index (χ1n) is 4.94. The van der Waals surface area contributed by atoms with Gasteiger partial charge in [0.25, 0.3) is 0 Å². The third-order valence-electron chi connectivity index (χ3n) is 2.56. The van der Waals surface area contributed by atoms with E-state index in [2.05, 4.69) is 15.5 Å². The molecule has 0 aliphatic carbocycles. The van der Waals surface area contributed by atoms with E-state index in [1.54, 1.807) is 6.92 Å².